The zero-order chi connectivity index (χ0) is 11.1. The van der Waals surface area contributed by atoms with Crippen molar-refractivity contribution in [2.45, 2.75) is 0 Å². The van der Waals surface area contributed by atoms with Crippen LogP contribution in [0.5, 0.6) is 0 Å². The van der Waals surface area contributed by atoms with Gasteiger partial charge in [0.1, 0.15) is 0 Å². The molecule has 0 saturated heterocycles. The highest BCUT2D eigenvalue weighted by atomic mass is 16.1. The molecule has 2 aliphatic heterocycles. The number of fused-ring (bicyclic) bond motifs is 2. The van der Waals surface area contributed by atoms with Crippen molar-refractivity contribution in [1.82, 2.24) is 0 Å². The molecule has 16 heavy (non-hydrogen) atoms. The van der Waals surface area contributed by atoms with Crippen LogP contribution in [0.1, 0.15) is 10.4 Å². The number of allylic oxidation sites excluding steroid dienone is 1. The Hall–Kier alpha value is -2.23. The van der Waals surface area contributed by atoms with Gasteiger partial charge in [-0.2, -0.15) is 0 Å². The number of rotatable bonds is 1. The lowest BCUT2D eigenvalue weighted by Gasteiger charge is -2.04. The molecule has 4 heteroatoms. The number of benzene rings is 1. The molecular weight excluding hydrogens is 202 g/mol. The van der Waals surface area contributed by atoms with Gasteiger partial charge in [0.15, 0.2) is 0 Å². The summed E-state index contributed by atoms with van der Waals surface area (Å²) < 4.78 is 0. The van der Waals surface area contributed by atoms with E-state index in [9.17, 15) is 4.79 Å². The number of nitrogens with two attached hydrogens (primary N) is 1. The van der Waals surface area contributed by atoms with Crippen LogP contribution in [0.2, 0.25) is 0 Å². The second-order valence-corrected chi connectivity index (χ2v) is 3.70. The third-order valence-electron chi connectivity index (χ3n) is 2.75. The van der Waals surface area contributed by atoms with Gasteiger partial charge in [0, 0.05) is 22.6 Å². The molecule has 0 fully saturated rings. The molecule has 4 nitrogen and oxygen atoms in total. The minimum absolute atomic E-state index is 0.421. The van der Waals surface area contributed by atoms with Crippen LogP contribution in [0, 0.1) is 0 Å². The van der Waals surface area contributed by atoms with Crippen LogP contribution in [0.25, 0.3) is 5.57 Å². The van der Waals surface area contributed by atoms with Gasteiger partial charge < -0.3 is 5.73 Å². The average molecular weight is 211 g/mol. The minimum atomic E-state index is -0.421. The standard InChI is InChI=1S/C12H9N3O/c13-12(16)7-2-1-3-10-11(7)8-6-14-5-4-9(8)15-10/h1-5H,6H2,(H2,13,16). The van der Waals surface area contributed by atoms with Gasteiger partial charge in [-0.05, 0) is 18.2 Å². The molecule has 1 aromatic rings. The second kappa shape index (κ2) is 3.13. The van der Waals surface area contributed by atoms with E-state index in [1.54, 1.807) is 18.3 Å². The van der Waals surface area contributed by atoms with Crippen molar-refractivity contribution >= 4 is 17.7 Å². The Balaban J connectivity index is 2.46. The molecule has 2 N–H and O–H groups in total. The lowest BCUT2D eigenvalue weighted by molar-refractivity contribution is 0.0999. The molecule has 0 radical (unpaired) electrons. The van der Waals surface area contributed by atoms with Crippen molar-refractivity contribution in [1.29, 1.82) is 0 Å². The van der Waals surface area contributed by atoms with Gasteiger partial charge in [0.05, 0.1) is 17.6 Å². The van der Waals surface area contributed by atoms with Crippen LogP contribution in [0.4, 0.5) is 0 Å². The Morgan fingerprint density at radius 2 is 2.25 bits per heavy atom. The summed E-state index contributed by atoms with van der Waals surface area (Å²) >= 11 is 0. The van der Waals surface area contributed by atoms with Gasteiger partial charge in [0.2, 0.25) is 5.91 Å². The lowest BCUT2D eigenvalue weighted by atomic mass is 10.0. The van der Waals surface area contributed by atoms with E-state index >= 15 is 0 Å². The van der Waals surface area contributed by atoms with Crippen molar-refractivity contribution in [3.05, 3.63) is 46.1 Å². The number of carbonyl (C=O) groups excluding carboxylic acids is 1. The SMILES string of the molecule is NC(=O)c1cccc2c1=C1CN=CC=C1N=2. The fourth-order valence-corrected chi connectivity index (χ4v) is 2.05. The summed E-state index contributed by atoms with van der Waals surface area (Å²) in [7, 11) is 0. The summed E-state index contributed by atoms with van der Waals surface area (Å²) in [6.45, 7) is 0.562. The van der Waals surface area contributed by atoms with Crippen LogP contribution >= 0.6 is 0 Å². The quantitative estimate of drug-likeness (QED) is 0.671. The van der Waals surface area contributed by atoms with Gasteiger partial charge in [-0.25, -0.2) is 4.99 Å². The molecule has 0 unspecified atom stereocenters. The van der Waals surface area contributed by atoms with Crippen molar-refractivity contribution in [3.63, 3.8) is 0 Å². The molecule has 78 valence electrons. The lowest BCUT2D eigenvalue weighted by Crippen LogP contribution is -2.33. The van der Waals surface area contributed by atoms with Crippen LogP contribution in [-0.2, 0) is 0 Å². The molecule has 2 heterocycles. The summed E-state index contributed by atoms with van der Waals surface area (Å²) in [6.07, 6.45) is 3.59. The van der Waals surface area contributed by atoms with Crippen molar-refractivity contribution in [3.8, 4) is 0 Å². The molecule has 0 atom stereocenters. The third kappa shape index (κ3) is 1.13. The molecule has 0 aromatic heterocycles. The first-order valence-electron chi connectivity index (χ1n) is 4.98. The molecule has 0 spiro atoms. The highest BCUT2D eigenvalue weighted by Gasteiger charge is 2.17. The van der Waals surface area contributed by atoms with Gasteiger partial charge in [-0.1, -0.05) is 6.07 Å². The molecular formula is C12H9N3O. The number of dihydropyridines is 1. The number of primary amides is 1. The average Bonchev–Trinajstić information content (AvgIpc) is 2.66. The number of aliphatic imine (C=N–C) groups is 1. The summed E-state index contributed by atoms with van der Waals surface area (Å²) in [5, 5.41) is 1.65. The Morgan fingerprint density at radius 1 is 1.38 bits per heavy atom. The fraction of sp³-hybridized carbons (Fsp3) is 0.0833. The highest BCUT2D eigenvalue weighted by Crippen LogP contribution is 2.16. The van der Waals surface area contributed by atoms with Crippen molar-refractivity contribution in [2.24, 2.45) is 15.7 Å². The van der Waals surface area contributed by atoms with Crippen LogP contribution in [0.15, 0.2) is 40.0 Å². The largest absolute Gasteiger partial charge is 0.366 e. The Morgan fingerprint density at radius 3 is 3.06 bits per heavy atom. The normalized spacial score (nSPS) is 16.2. The van der Waals surface area contributed by atoms with Crippen LogP contribution in [0.3, 0.4) is 0 Å². The number of carbonyl (C=O) groups is 1. The van der Waals surface area contributed by atoms with Gasteiger partial charge in [-0.15, -0.1) is 0 Å². The smallest absolute Gasteiger partial charge is 0.249 e. The molecule has 0 bridgehead atoms. The van der Waals surface area contributed by atoms with Gasteiger partial charge >= 0.3 is 0 Å². The zero-order valence-corrected chi connectivity index (χ0v) is 8.47. The van der Waals surface area contributed by atoms with E-state index in [2.05, 4.69) is 9.98 Å². The van der Waals surface area contributed by atoms with E-state index in [0.29, 0.717) is 12.1 Å². The maximum absolute atomic E-state index is 11.3. The van der Waals surface area contributed by atoms with E-state index in [1.165, 1.54) is 0 Å². The highest BCUT2D eigenvalue weighted by molar-refractivity contribution is 5.95. The molecule has 2 aliphatic rings. The number of hydrogen-bond acceptors (Lipinski definition) is 3. The zero-order valence-electron chi connectivity index (χ0n) is 8.47. The Kier molecular flexibility index (Phi) is 1.77. The fourth-order valence-electron chi connectivity index (χ4n) is 2.05. The molecule has 0 saturated carbocycles. The molecule has 0 aliphatic carbocycles. The van der Waals surface area contributed by atoms with Crippen molar-refractivity contribution in [2.75, 3.05) is 6.54 Å². The van der Waals surface area contributed by atoms with Crippen LogP contribution < -0.4 is 16.3 Å². The predicted molar refractivity (Wildman–Crippen MR) is 60.6 cm³/mol. The number of hydrogen-bond donors (Lipinski definition) is 1. The summed E-state index contributed by atoms with van der Waals surface area (Å²) in [6, 6.07) is 5.40. The van der Waals surface area contributed by atoms with E-state index in [1.807, 2.05) is 12.1 Å². The summed E-state index contributed by atoms with van der Waals surface area (Å²) in [5.41, 5.74) is 7.76. The van der Waals surface area contributed by atoms with E-state index in [-0.39, 0.29) is 0 Å². The maximum atomic E-state index is 11.3. The Labute approximate surface area is 91.5 Å². The first kappa shape index (κ1) is 9.03. The van der Waals surface area contributed by atoms with Gasteiger partial charge in [-0.3, -0.25) is 9.79 Å². The number of amides is 1. The Bertz CT molecular complexity index is 668. The van der Waals surface area contributed by atoms with Crippen molar-refractivity contribution < 1.29 is 4.79 Å². The van der Waals surface area contributed by atoms with E-state index < -0.39 is 5.91 Å². The first-order chi connectivity index (χ1) is 7.77. The second-order valence-electron chi connectivity index (χ2n) is 3.70. The summed E-state index contributed by atoms with van der Waals surface area (Å²) in [5.74, 6) is -0.421. The van der Waals surface area contributed by atoms with Crippen LogP contribution in [-0.4, -0.2) is 18.7 Å². The predicted octanol–water partition coefficient (Wildman–Crippen LogP) is -0.462. The van der Waals surface area contributed by atoms with E-state index in [0.717, 1.165) is 21.8 Å². The maximum Gasteiger partial charge on any atom is 0.249 e. The molecule has 3 rings (SSSR count). The monoisotopic (exact) mass is 211 g/mol. The number of nitrogens with zero attached hydrogens (tertiary/aromatic N) is 2. The first-order valence-corrected chi connectivity index (χ1v) is 4.98. The minimum Gasteiger partial charge on any atom is -0.366 e. The van der Waals surface area contributed by atoms with E-state index in [4.69, 9.17) is 5.73 Å². The molecule has 1 aromatic carbocycles. The topological polar surface area (TPSA) is 67.8 Å². The summed E-state index contributed by atoms with van der Waals surface area (Å²) in [4.78, 5) is 20.0. The third-order valence-corrected chi connectivity index (χ3v) is 2.75. The van der Waals surface area contributed by atoms with Gasteiger partial charge in [0.25, 0.3) is 0 Å². The molecule has 1 amide bonds.